The maximum absolute atomic E-state index is 12.2. The Kier molecular flexibility index (Phi) is 6.78. The average molecular weight is 354 g/mol. The highest BCUT2D eigenvalue weighted by Crippen LogP contribution is 2.17. The number of hydrogen-bond acceptors (Lipinski definition) is 3. The molecule has 0 aliphatic heterocycles. The molecule has 0 fully saturated rings. The molecule has 0 spiro atoms. The first-order valence-electron chi connectivity index (χ1n) is 8.72. The van der Waals surface area contributed by atoms with Gasteiger partial charge in [-0.2, -0.15) is 0 Å². The van der Waals surface area contributed by atoms with Gasteiger partial charge in [0.05, 0.1) is 6.54 Å². The van der Waals surface area contributed by atoms with Crippen molar-refractivity contribution in [2.45, 2.75) is 27.2 Å². The number of amides is 2. The predicted molar refractivity (Wildman–Crippen MR) is 103 cm³/mol. The summed E-state index contributed by atoms with van der Waals surface area (Å²) in [5.41, 5.74) is 4.00. The zero-order chi connectivity index (χ0) is 19.1. The van der Waals surface area contributed by atoms with Crippen LogP contribution < -0.4 is 10.1 Å². The Morgan fingerprint density at radius 3 is 2.38 bits per heavy atom. The minimum Gasteiger partial charge on any atom is -0.484 e. The number of benzene rings is 2. The molecule has 0 heterocycles. The van der Waals surface area contributed by atoms with E-state index in [-0.39, 0.29) is 25.0 Å². The Labute approximate surface area is 155 Å². The quantitative estimate of drug-likeness (QED) is 0.830. The number of nitrogens with one attached hydrogen (secondary N) is 1. The zero-order valence-corrected chi connectivity index (χ0v) is 15.8. The summed E-state index contributed by atoms with van der Waals surface area (Å²) >= 11 is 0. The van der Waals surface area contributed by atoms with Crippen LogP contribution in [-0.4, -0.2) is 36.9 Å². The number of carbonyl (C=O) groups excluding carboxylic acids is 2. The highest BCUT2D eigenvalue weighted by atomic mass is 16.5. The van der Waals surface area contributed by atoms with Crippen LogP contribution >= 0.6 is 0 Å². The Hall–Kier alpha value is -2.82. The second-order valence-electron chi connectivity index (χ2n) is 6.42. The van der Waals surface area contributed by atoms with E-state index in [1.165, 1.54) is 4.90 Å². The van der Waals surface area contributed by atoms with Crippen molar-refractivity contribution >= 4 is 17.5 Å². The predicted octanol–water partition coefficient (Wildman–Crippen LogP) is 3.34. The van der Waals surface area contributed by atoms with Crippen LogP contribution in [0.25, 0.3) is 0 Å². The number of anilines is 1. The van der Waals surface area contributed by atoms with Crippen molar-refractivity contribution in [1.29, 1.82) is 0 Å². The third-order valence-electron chi connectivity index (χ3n) is 4.04. The second kappa shape index (κ2) is 9.04. The summed E-state index contributed by atoms with van der Waals surface area (Å²) in [6, 6.07) is 13.5. The van der Waals surface area contributed by atoms with Crippen molar-refractivity contribution in [3.63, 3.8) is 0 Å². The van der Waals surface area contributed by atoms with Crippen molar-refractivity contribution in [3.8, 4) is 5.75 Å². The van der Waals surface area contributed by atoms with Crippen molar-refractivity contribution in [3.05, 3.63) is 59.2 Å². The lowest BCUT2D eigenvalue weighted by Gasteiger charge is -2.18. The van der Waals surface area contributed by atoms with Gasteiger partial charge in [-0.05, 0) is 55.2 Å². The first-order chi connectivity index (χ1) is 12.4. The summed E-state index contributed by atoms with van der Waals surface area (Å²) in [4.78, 5) is 25.8. The second-order valence-corrected chi connectivity index (χ2v) is 6.42. The molecule has 0 aliphatic rings. The lowest BCUT2D eigenvalue weighted by molar-refractivity contribution is -0.135. The van der Waals surface area contributed by atoms with Crippen LogP contribution in [0, 0.1) is 13.8 Å². The third kappa shape index (κ3) is 5.62. The molecule has 0 aliphatic carbocycles. The minimum absolute atomic E-state index is 0.0207. The number of nitrogens with zero attached hydrogens (tertiary/aromatic N) is 1. The number of rotatable bonds is 7. The molecule has 0 saturated heterocycles. The van der Waals surface area contributed by atoms with Crippen LogP contribution in [0.2, 0.25) is 0 Å². The molecule has 0 radical (unpaired) electrons. The Bertz CT molecular complexity index is 766. The number of carbonyl (C=O) groups is 2. The standard InChI is InChI=1S/C21H26N2O3/c1-5-17-8-6-7-9-19(17)22-20(24)13-23(4)21(25)14-26-18-11-15(2)10-16(3)12-18/h6-12H,5,13-14H2,1-4H3,(H,22,24). The smallest absolute Gasteiger partial charge is 0.260 e. The van der Waals surface area contributed by atoms with Crippen molar-refractivity contribution in [2.24, 2.45) is 0 Å². The van der Waals surface area contributed by atoms with Crippen LogP contribution in [0.4, 0.5) is 5.69 Å². The zero-order valence-electron chi connectivity index (χ0n) is 15.8. The lowest BCUT2D eigenvalue weighted by atomic mass is 10.1. The van der Waals surface area contributed by atoms with E-state index in [0.29, 0.717) is 5.75 Å². The minimum atomic E-state index is -0.247. The van der Waals surface area contributed by atoms with E-state index in [4.69, 9.17) is 4.74 Å². The molecule has 2 aromatic carbocycles. The number of aryl methyl sites for hydroxylation is 3. The number of para-hydroxylation sites is 1. The topological polar surface area (TPSA) is 58.6 Å². The van der Waals surface area contributed by atoms with Gasteiger partial charge in [0.15, 0.2) is 6.61 Å². The maximum Gasteiger partial charge on any atom is 0.260 e. The fourth-order valence-electron chi connectivity index (χ4n) is 2.72. The van der Waals surface area contributed by atoms with E-state index in [1.54, 1.807) is 7.05 Å². The molecule has 1 N–H and O–H groups in total. The molecule has 0 bridgehead atoms. The van der Waals surface area contributed by atoms with Crippen LogP contribution in [0.5, 0.6) is 5.75 Å². The van der Waals surface area contributed by atoms with Gasteiger partial charge in [-0.3, -0.25) is 9.59 Å². The van der Waals surface area contributed by atoms with E-state index in [2.05, 4.69) is 5.32 Å². The van der Waals surface area contributed by atoms with Crippen LogP contribution in [0.3, 0.4) is 0 Å². The fraction of sp³-hybridized carbons (Fsp3) is 0.333. The highest BCUT2D eigenvalue weighted by molar-refractivity contribution is 5.95. The molecule has 2 aromatic rings. The van der Waals surface area contributed by atoms with Gasteiger partial charge in [-0.15, -0.1) is 0 Å². The van der Waals surface area contributed by atoms with E-state index in [9.17, 15) is 9.59 Å². The van der Waals surface area contributed by atoms with Crippen LogP contribution in [0.1, 0.15) is 23.6 Å². The first-order valence-corrected chi connectivity index (χ1v) is 8.72. The molecule has 0 atom stereocenters. The average Bonchev–Trinajstić information content (AvgIpc) is 2.59. The molecular weight excluding hydrogens is 328 g/mol. The normalized spacial score (nSPS) is 10.3. The number of hydrogen-bond donors (Lipinski definition) is 1. The fourth-order valence-corrected chi connectivity index (χ4v) is 2.72. The van der Waals surface area contributed by atoms with Gasteiger partial charge in [-0.25, -0.2) is 0 Å². The summed E-state index contributed by atoms with van der Waals surface area (Å²) in [5.74, 6) is 0.182. The van der Waals surface area contributed by atoms with Gasteiger partial charge >= 0.3 is 0 Å². The molecule has 0 aromatic heterocycles. The van der Waals surface area contributed by atoms with Gasteiger partial charge in [0.1, 0.15) is 5.75 Å². The van der Waals surface area contributed by atoms with Crippen molar-refractivity contribution < 1.29 is 14.3 Å². The van der Waals surface area contributed by atoms with Crippen molar-refractivity contribution in [1.82, 2.24) is 4.90 Å². The summed E-state index contributed by atoms with van der Waals surface area (Å²) in [5, 5.41) is 2.86. The van der Waals surface area contributed by atoms with Crippen LogP contribution in [-0.2, 0) is 16.0 Å². The number of likely N-dealkylation sites (N-methyl/N-ethyl adjacent to an activating group) is 1. The molecule has 26 heavy (non-hydrogen) atoms. The summed E-state index contributed by atoms with van der Waals surface area (Å²) in [6.45, 7) is 5.87. The van der Waals surface area contributed by atoms with Gasteiger partial charge < -0.3 is 15.0 Å². The third-order valence-corrected chi connectivity index (χ3v) is 4.04. The SMILES string of the molecule is CCc1ccccc1NC(=O)CN(C)C(=O)COc1cc(C)cc(C)c1. The van der Waals surface area contributed by atoms with E-state index < -0.39 is 0 Å². The highest BCUT2D eigenvalue weighted by Gasteiger charge is 2.14. The molecule has 5 nitrogen and oxygen atoms in total. The Morgan fingerprint density at radius 1 is 1.08 bits per heavy atom. The van der Waals surface area contributed by atoms with Gasteiger partial charge in [0.2, 0.25) is 5.91 Å². The van der Waals surface area contributed by atoms with Crippen LogP contribution in [0.15, 0.2) is 42.5 Å². The summed E-state index contributed by atoms with van der Waals surface area (Å²) < 4.78 is 5.56. The van der Waals surface area contributed by atoms with E-state index in [1.807, 2.05) is 63.2 Å². The molecule has 0 saturated carbocycles. The number of ether oxygens (including phenoxy) is 1. The molecule has 2 rings (SSSR count). The largest absolute Gasteiger partial charge is 0.484 e. The Balaban J connectivity index is 1.87. The monoisotopic (exact) mass is 354 g/mol. The van der Waals surface area contributed by atoms with Gasteiger partial charge in [0, 0.05) is 12.7 Å². The van der Waals surface area contributed by atoms with E-state index >= 15 is 0 Å². The van der Waals surface area contributed by atoms with E-state index in [0.717, 1.165) is 28.8 Å². The molecule has 138 valence electrons. The van der Waals surface area contributed by atoms with Gasteiger partial charge in [-0.1, -0.05) is 31.2 Å². The van der Waals surface area contributed by atoms with Gasteiger partial charge in [0.25, 0.3) is 5.91 Å². The lowest BCUT2D eigenvalue weighted by Crippen LogP contribution is -2.37. The Morgan fingerprint density at radius 2 is 1.73 bits per heavy atom. The molecule has 5 heteroatoms. The van der Waals surface area contributed by atoms with Crippen molar-refractivity contribution in [2.75, 3.05) is 25.5 Å². The summed E-state index contributed by atoms with van der Waals surface area (Å²) in [7, 11) is 1.60. The first kappa shape index (κ1) is 19.5. The summed E-state index contributed by atoms with van der Waals surface area (Å²) in [6.07, 6.45) is 0.828. The molecule has 0 unspecified atom stereocenters. The molecule has 2 amide bonds. The molecular formula is C21H26N2O3. The maximum atomic E-state index is 12.2.